The Bertz CT molecular complexity index is 739. The number of amides is 1. The topological polar surface area (TPSA) is 85.8 Å². The summed E-state index contributed by atoms with van der Waals surface area (Å²) < 4.78 is 2.21. The predicted molar refractivity (Wildman–Crippen MR) is 99.1 cm³/mol. The number of fused-ring (bicyclic) bond motifs is 1. The zero-order valence-electron chi connectivity index (χ0n) is 15.0. The fraction of sp³-hybridized carbons (Fsp3) is 0.526. The van der Waals surface area contributed by atoms with E-state index in [1.54, 1.807) is 0 Å². The zero-order chi connectivity index (χ0) is 17.8. The van der Waals surface area contributed by atoms with Crippen LogP contribution in [0.25, 0.3) is 11.4 Å². The van der Waals surface area contributed by atoms with Gasteiger partial charge < -0.3 is 15.6 Å². The summed E-state index contributed by atoms with van der Waals surface area (Å²) in [5.74, 6) is 1.93. The van der Waals surface area contributed by atoms with E-state index >= 15 is 0 Å². The van der Waals surface area contributed by atoms with Gasteiger partial charge in [0.1, 0.15) is 5.82 Å². The monoisotopic (exact) mass is 341 g/mol. The third-order valence-corrected chi connectivity index (χ3v) is 5.06. The second-order valence-corrected chi connectivity index (χ2v) is 6.88. The van der Waals surface area contributed by atoms with Crippen LogP contribution in [0.3, 0.4) is 0 Å². The largest absolute Gasteiger partial charge is 0.325 e. The first kappa shape index (κ1) is 17.6. The molecule has 1 aliphatic heterocycles. The lowest BCUT2D eigenvalue weighted by atomic mass is 9.99. The molecule has 0 aliphatic carbocycles. The summed E-state index contributed by atoms with van der Waals surface area (Å²) >= 11 is 0. The number of hydrogen-bond donors (Lipinski definition) is 2. The van der Waals surface area contributed by atoms with E-state index in [4.69, 9.17) is 5.73 Å². The van der Waals surface area contributed by atoms with Crippen molar-refractivity contribution in [3.05, 3.63) is 30.1 Å². The molecule has 1 amide bonds. The number of benzene rings is 1. The lowest BCUT2D eigenvalue weighted by Crippen LogP contribution is -2.40. The number of nitrogens with one attached hydrogen (secondary N) is 1. The van der Waals surface area contributed by atoms with E-state index in [-0.39, 0.29) is 11.8 Å². The van der Waals surface area contributed by atoms with Gasteiger partial charge >= 0.3 is 0 Å². The number of carbonyl (C=O) groups excluding carboxylic acids is 1. The molecule has 2 unspecified atom stereocenters. The number of carbonyl (C=O) groups is 1. The molecule has 6 nitrogen and oxygen atoms in total. The van der Waals surface area contributed by atoms with Gasteiger partial charge in [0.15, 0.2) is 5.82 Å². The van der Waals surface area contributed by atoms with Crippen LogP contribution < -0.4 is 11.1 Å². The molecule has 2 heterocycles. The second-order valence-electron chi connectivity index (χ2n) is 6.88. The van der Waals surface area contributed by atoms with Crippen LogP contribution in [0.2, 0.25) is 0 Å². The molecule has 0 radical (unpaired) electrons. The van der Waals surface area contributed by atoms with Crippen LogP contribution in [0.1, 0.15) is 45.4 Å². The Labute approximate surface area is 148 Å². The summed E-state index contributed by atoms with van der Waals surface area (Å²) in [5, 5.41) is 11.7. The van der Waals surface area contributed by atoms with Gasteiger partial charge in [-0.1, -0.05) is 38.8 Å². The Morgan fingerprint density at radius 2 is 2.16 bits per heavy atom. The van der Waals surface area contributed by atoms with E-state index in [9.17, 15) is 4.79 Å². The fourth-order valence-electron chi connectivity index (χ4n) is 3.17. The average Bonchev–Trinajstić information content (AvgIpc) is 2.89. The molecule has 0 saturated carbocycles. The smallest absolute Gasteiger partial charge is 0.241 e. The van der Waals surface area contributed by atoms with Crippen LogP contribution in [-0.2, 0) is 17.8 Å². The number of nitrogens with zero attached hydrogens (tertiary/aromatic N) is 3. The van der Waals surface area contributed by atoms with Gasteiger partial charge in [-0.2, -0.15) is 0 Å². The van der Waals surface area contributed by atoms with E-state index in [0.717, 1.165) is 48.7 Å². The van der Waals surface area contributed by atoms with Gasteiger partial charge in [0.05, 0.1) is 6.04 Å². The van der Waals surface area contributed by atoms with Gasteiger partial charge in [-0.05, 0) is 30.9 Å². The standard InChI is InChI=1S/C19H27N5O/c1-3-13(2)17(20)19(25)21-15-9-7-8-14(12-15)18-23-22-16-10-5-4-6-11-24(16)18/h7-9,12-13,17H,3-6,10-11,20H2,1-2H3,(H,21,25). The van der Waals surface area contributed by atoms with Crippen LogP contribution in [0.4, 0.5) is 5.69 Å². The molecular formula is C19H27N5O. The molecule has 0 fully saturated rings. The number of aryl methyl sites for hydroxylation is 1. The highest BCUT2D eigenvalue weighted by Crippen LogP contribution is 2.25. The third-order valence-electron chi connectivity index (χ3n) is 5.06. The number of nitrogens with two attached hydrogens (primary N) is 1. The van der Waals surface area contributed by atoms with Crippen LogP contribution in [0.5, 0.6) is 0 Å². The Morgan fingerprint density at radius 3 is 2.96 bits per heavy atom. The molecule has 25 heavy (non-hydrogen) atoms. The Hall–Kier alpha value is -2.21. The van der Waals surface area contributed by atoms with Crippen molar-refractivity contribution in [3.63, 3.8) is 0 Å². The van der Waals surface area contributed by atoms with Crippen LogP contribution in [0.15, 0.2) is 24.3 Å². The predicted octanol–water partition coefficient (Wildman–Crippen LogP) is 2.98. The molecule has 1 aromatic heterocycles. The number of anilines is 1. The first-order chi connectivity index (χ1) is 12.1. The summed E-state index contributed by atoms with van der Waals surface area (Å²) in [6.07, 6.45) is 5.40. The molecule has 1 aromatic carbocycles. The summed E-state index contributed by atoms with van der Waals surface area (Å²) in [7, 11) is 0. The van der Waals surface area contributed by atoms with Crippen molar-refractivity contribution in [2.45, 2.75) is 58.5 Å². The van der Waals surface area contributed by atoms with Crippen LogP contribution in [0, 0.1) is 5.92 Å². The molecular weight excluding hydrogens is 314 g/mol. The summed E-state index contributed by atoms with van der Waals surface area (Å²) in [6, 6.07) is 7.26. The lowest BCUT2D eigenvalue weighted by Gasteiger charge is -2.18. The molecule has 3 N–H and O–H groups in total. The van der Waals surface area contributed by atoms with E-state index < -0.39 is 6.04 Å². The summed E-state index contributed by atoms with van der Waals surface area (Å²) in [5.41, 5.74) is 7.73. The molecule has 3 rings (SSSR count). The first-order valence-corrected chi connectivity index (χ1v) is 9.19. The Morgan fingerprint density at radius 1 is 1.32 bits per heavy atom. The normalized spacial score (nSPS) is 16.6. The molecule has 0 bridgehead atoms. The summed E-state index contributed by atoms with van der Waals surface area (Å²) in [6.45, 7) is 4.98. The van der Waals surface area contributed by atoms with Crippen molar-refractivity contribution in [1.29, 1.82) is 0 Å². The highest BCUT2D eigenvalue weighted by molar-refractivity contribution is 5.95. The van der Waals surface area contributed by atoms with Gasteiger partial charge in [0.2, 0.25) is 5.91 Å². The zero-order valence-corrected chi connectivity index (χ0v) is 15.0. The highest BCUT2D eigenvalue weighted by Gasteiger charge is 2.20. The van der Waals surface area contributed by atoms with E-state index in [0.29, 0.717) is 0 Å². The minimum atomic E-state index is -0.502. The maximum atomic E-state index is 12.3. The van der Waals surface area contributed by atoms with Crippen molar-refractivity contribution in [1.82, 2.24) is 14.8 Å². The van der Waals surface area contributed by atoms with Crippen molar-refractivity contribution < 1.29 is 4.79 Å². The minimum absolute atomic E-state index is 0.147. The molecule has 0 spiro atoms. The minimum Gasteiger partial charge on any atom is -0.325 e. The molecule has 2 aromatic rings. The quantitative estimate of drug-likeness (QED) is 0.875. The molecule has 134 valence electrons. The van der Waals surface area contributed by atoms with Crippen molar-refractivity contribution >= 4 is 11.6 Å². The fourth-order valence-corrected chi connectivity index (χ4v) is 3.17. The maximum Gasteiger partial charge on any atom is 0.241 e. The number of rotatable bonds is 5. The Kier molecular flexibility index (Phi) is 5.48. The first-order valence-electron chi connectivity index (χ1n) is 9.19. The van der Waals surface area contributed by atoms with Gasteiger partial charge in [-0.25, -0.2) is 0 Å². The molecule has 0 saturated heterocycles. The van der Waals surface area contributed by atoms with Gasteiger partial charge in [0.25, 0.3) is 0 Å². The van der Waals surface area contributed by atoms with Gasteiger partial charge in [-0.15, -0.1) is 10.2 Å². The highest BCUT2D eigenvalue weighted by atomic mass is 16.2. The van der Waals surface area contributed by atoms with Crippen molar-refractivity contribution in [2.24, 2.45) is 11.7 Å². The second kappa shape index (κ2) is 7.78. The van der Waals surface area contributed by atoms with Gasteiger partial charge in [0, 0.05) is 24.2 Å². The molecule has 1 aliphatic rings. The number of aromatic nitrogens is 3. The summed E-state index contributed by atoms with van der Waals surface area (Å²) in [4.78, 5) is 12.3. The van der Waals surface area contributed by atoms with E-state index in [1.165, 1.54) is 12.8 Å². The number of hydrogen-bond acceptors (Lipinski definition) is 4. The molecule has 6 heteroatoms. The van der Waals surface area contributed by atoms with Gasteiger partial charge in [-0.3, -0.25) is 4.79 Å². The van der Waals surface area contributed by atoms with E-state index in [1.807, 2.05) is 38.1 Å². The lowest BCUT2D eigenvalue weighted by molar-refractivity contribution is -0.118. The van der Waals surface area contributed by atoms with Crippen LogP contribution in [-0.4, -0.2) is 26.7 Å². The maximum absolute atomic E-state index is 12.3. The Balaban J connectivity index is 1.81. The third kappa shape index (κ3) is 3.90. The average molecular weight is 341 g/mol. The van der Waals surface area contributed by atoms with Crippen LogP contribution >= 0.6 is 0 Å². The van der Waals surface area contributed by atoms with Crippen molar-refractivity contribution in [3.8, 4) is 11.4 Å². The van der Waals surface area contributed by atoms with Crippen molar-refractivity contribution in [2.75, 3.05) is 5.32 Å². The SMILES string of the molecule is CCC(C)C(N)C(=O)Nc1cccc(-c2nnc3n2CCCCC3)c1. The molecule has 2 atom stereocenters. The van der Waals surface area contributed by atoms with E-state index in [2.05, 4.69) is 20.1 Å².